The number of hydrogen-bond acceptors (Lipinski definition) is 3. The summed E-state index contributed by atoms with van der Waals surface area (Å²) in [6.45, 7) is 1.23. The average molecular weight is 217 g/mol. The number of ether oxygens (including phenoxy) is 2. The maximum Gasteiger partial charge on any atom is 0.231 e. The van der Waals surface area contributed by atoms with Crippen molar-refractivity contribution >= 4 is 17.4 Å². The molecule has 0 aliphatic carbocycles. The van der Waals surface area contributed by atoms with Crippen LogP contribution in [0.25, 0.3) is 0 Å². The highest BCUT2D eigenvalue weighted by Crippen LogP contribution is 2.40. The number of hydrogen-bond donors (Lipinski definition) is 0. The Hall–Kier alpha value is -1.29. The van der Waals surface area contributed by atoms with Crippen molar-refractivity contribution < 1.29 is 18.7 Å². The molecule has 1 aromatic carbocycles. The predicted octanol–water partition coefficient (Wildman–Crippen LogP) is 2.41. The second kappa shape index (κ2) is 3.13. The van der Waals surface area contributed by atoms with Crippen LogP contribution in [0.5, 0.6) is 11.5 Å². The van der Waals surface area contributed by atoms with Gasteiger partial charge in [-0.2, -0.15) is 0 Å². The highest BCUT2D eigenvalue weighted by atomic mass is 35.5. The SMILES string of the molecule is CC(=O)c1c(F)c(Cl)cc2c1OCO2. The van der Waals surface area contributed by atoms with E-state index in [1.54, 1.807) is 0 Å². The van der Waals surface area contributed by atoms with Crippen LogP contribution < -0.4 is 9.47 Å². The maximum absolute atomic E-state index is 13.4. The smallest absolute Gasteiger partial charge is 0.231 e. The summed E-state index contributed by atoms with van der Waals surface area (Å²) in [6, 6.07) is 1.30. The minimum atomic E-state index is -0.761. The Morgan fingerprint density at radius 3 is 2.93 bits per heavy atom. The van der Waals surface area contributed by atoms with Gasteiger partial charge >= 0.3 is 0 Å². The van der Waals surface area contributed by atoms with E-state index in [1.165, 1.54) is 13.0 Å². The fourth-order valence-corrected chi connectivity index (χ4v) is 1.50. The standard InChI is InChI=1S/C9H6ClFO3/c1-4(12)7-8(11)5(10)2-6-9(7)14-3-13-6/h2H,3H2,1H3. The first kappa shape index (κ1) is 9.27. The van der Waals surface area contributed by atoms with Crippen molar-refractivity contribution in [1.29, 1.82) is 0 Å². The summed E-state index contributed by atoms with van der Waals surface area (Å²) in [4.78, 5) is 11.1. The molecule has 1 aromatic rings. The van der Waals surface area contributed by atoms with E-state index in [1.807, 2.05) is 0 Å². The van der Waals surface area contributed by atoms with E-state index < -0.39 is 11.6 Å². The van der Waals surface area contributed by atoms with Gasteiger partial charge in [-0.15, -0.1) is 0 Å². The third-order valence-electron chi connectivity index (χ3n) is 1.91. The Kier molecular flexibility index (Phi) is 2.07. The lowest BCUT2D eigenvalue weighted by Gasteiger charge is -2.04. The van der Waals surface area contributed by atoms with E-state index in [0.29, 0.717) is 5.75 Å². The summed E-state index contributed by atoms with van der Waals surface area (Å²) in [7, 11) is 0. The van der Waals surface area contributed by atoms with Crippen LogP contribution in [0, 0.1) is 5.82 Å². The molecule has 74 valence electrons. The Bertz CT molecular complexity index is 417. The van der Waals surface area contributed by atoms with E-state index in [-0.39, 0.29) is 23.1 Å². The molecule has 0 atom stereocenters. The van der Waals surface area contributed by atoms with Gasteiger partial charge in [0.05, 0.1) is 5.02 Å². The van der Waals surface area contributed by atoms with E-state index in [4.69, 9.17) is 21.1 Å². The molecule has 14 heavy (non-hydrogen) atoms. The van der Waals surface area contributed by atoms with Gasteiger partial charge in [0, 0.05) is 6.07 Å². The lowest BCUT2D eigenvalue weighted by atomic mass is 10.1. The van der Waals surface area contributed by atoms with Gasteiger partial charge in [0.2, 0.25) is 6.79 Å². The molecular weight excluding hydrogens is 211 g/mol. The molecule has 1 aliphatic rings. The Balaban J connectivity index is 2.72. The van der Waals surface area contributed by atoms with Gasteiger partial charge in [0.25, 0.3) is 0 Å². The van der Waals surface area contributed by atoms with Gasteiger partial charge in [-0.1, -0.05) is 11.6 Å². The van der Waals surface area contributed by atoms with Crippen LogP contribution in [-0.4, -0.2) is 12.6 Å². The van der Waals surface area contributed by atoms with E-state index in [9.17, 15) is 9.18 Å². The second-order valence-corrected chi connectivity index (χ2v) is 3.24. The molecule has 2 rings (SSSR count). The lowest BCUT2D eigenvalue weighted by molar-refractivity contribution is 0.100. The summed E-state index contributed by atoms with van der Waals surface area (Å²) in [5.41, 5.74) is -0.148. The number of halogens is 2. The number of Topliss-reactive ketones (excluding diaryl/α,β-unsaturated/α-hetero) is 1. The van der Waals surface area contributed by atoms with Gasteiger partial charge in [-0.3, -0.25) is 4.79 Å². The molecule has 0 aromatic heterocycles. The van der Waals surface area contributed by atoms with Crippen molar-refractivity contribution in [2.24, 2.45) is 0 Å². The zero-order valence-corrected chi connectivity index (χ0v) is 8.02. The zero-order valence-electron chi connectivity index (χ0n) is 7.27. The highest BCUT2D eigenvalue weighted by Gasteiger charge is 2.26. The normalized spacial score (nSPS) is 13.1. The summed E-state index contributed by atoms with van der Waals surface area (Å²) in [5, 5.41) is -0.139. The molecule has 0 unspecified atom stereocenters. The zero-order chi connectivity index (χ0) is 10.3. The first-order valence-electron chi connectivity index (χ1n) is 3.90. The topological polar surface area (TPSA) is 35.5 Å². The molecule has 0 saturated carbocycles. The van der Waals surface area contributed by atoms with Crippen molar-refractivity contribution in [3.05, 3.63) is 22.5 Å². The molecule has 0 bridgehead atoms. The largest absolute Gasteiger partial charge is 0.454 e. The fourth-order valence-electron chi connectivity index (χ4n) is 1.30. The number of ketones is 1. The number of carbonyl (C=O) groups excluding carboxylic acids is 1. The quantitative estimate of drug-likeness (QED) is 0.677. The fraction of sp³-hybridized carbons (Fsp3) is 0.222. The molecular formula is C9H6ClFO3. The van der Waals surface area contributed by atoms with Crippen molar-refractivity contribution in [2.75, 3.05) is 6.79 Å². The van der Waals surface area contributed by atoms with Gasteiger partial charge in [-0.05, 0) is 6.92 Å². The van der Waals surface area contributed by atoms with E-state index in [0.717, 1.165) is 0 Å². The monoisotopic (exact) mass is 216 g/mol. The lowest BCUT2D eigenvalue weighted by Crippen LogP contribution is -2.00. The predicted molar refractivity (Wildman–Crippen MR) is 47.5 cm³/mol. The summed E-state index contributed by atoms with van der Waals surface area (Å²) in [5.74, 6) is -0.754. The molecule has 0 radical (unpaired) electrons. The average Bonchev–Trinajstić information content (AvgIpc) is 2.52. The Morgan fingerprint density at radius 1 is 1.57 bits per heavy atom. The molecule has 0 spiro atoms. The van der Waals surface area contributed by atoms with Crippen molar-refractivity contribution in [1.82, 2.24) is 0 Å². The minimum Gasteiger partial charge on any atom is -0.454 e. The number of carbonyl (C=O) groups is 1. The Labute approximate surface area is 84.4 Å². The van der Waals surface area contributed by atoms with Crippen LogP contribution in [-0.2, 0) is 0 Å². The third kappa shape index (κ3) is 1.23. The second-order valence-electron chi connectivity index (χ2n) is 2.84. The van der Waals surface area contributed by atoms with Crippen LogP contribution in [0.2, 0.25) is 5.02 Å². The number of rotatable bonds is 1. The molecule has 0 amide bonds. The molecule has 0 fully saturated rings. The summed E-state index contributed by atoms with van der Waals surface area (Å²) >= 11 is 5.58. The van der Waals surface area contributed by atoms with Gasteiger partial charge in [0.15, 0.2) is 23.1 Å². The third-order valence-corrected chi connectivity index (χ3v) is 2.18. The van der Waals surface area contributed by atoms with Crippen LogP contribution >= 0.6 is 11.6 Å². The highest BCUT2D eigenvalue weighted by molar-refractivity contribution is 6.31. The first-order chi connectivity index (χ1) is 6.61. The molecule has 3 nitrogen and oxygen atoms in total. The van der Waals surface area contributed by atoms with Crippen molar-refractivity contribution in [3.8, 4) is 11.5 Å². The molecule has 0 saturated heterocycles. The van der Waals surface area contributed by atoms with Crippen LogP contribution in [0.4, 0.5) is 4.39 Å². The molecule has 1 heterocycles. The van der Waals surface area contributed by atoms with Gasteiger partial charge < -0.3 is 9.47 Å². The van der Waals surface area contributed by atoms with Crippen molar-refractivity contribution in [3.63, 3.8) is 0 Å². The van der Waals surface area contributed by atoms with Crippen LogP contribution in [0.1, 0.15) is 17.3 Å². The summed E-state index contributed by atoms with van der Waals surface area (Å²) in [6.07, 6.45) is 0. The van der Waals surface area contributed by atoms with Gasteiger partial charge in [0.1, 0.15) is 5.56 Å². The molecule has 5 heteroatoms. The number of benzene rings is 1. The van der Waals surface area contributed by atoms with Crippen LogP contribution in [0.15, 0.2) is 6.07 Å². The molecule has 0 N–H and O–H groups in total. The number of fused-ring (bicyclic) bond motifs is 1. The minimum absolute atomic E-state index is 0.0185. The Morgan fingerprint density at radius 2 is 2.29 bits per heavy atom. The van der Waals surface area contributed by atoms with E-state index >= 15 is 0 Å². The first-order valence-corrected chi connectivity index (χ1v) is 4.27. The van der Waals surface area contributed by atoms with Crippen molar-refractivity contribution in [2.45, 2.75) is 6.92 Å². The summed E-state index contributed by atoms with van der Waals surface area (Å²) < 4.78 is 23.4. The molecule has 1 aliphatic heterocycles. The van der Waals surface area contributed by atoms with Gasteiger partial charge in [-0.25, -0.2) is 4.39 Å². The van der Waals surface area contributed by atoms with E-state index in [2.05, 4.69) is 0 Å². The van der Waals surface area contributed by atoms with Crippen LogP contribution in [0.3, 0.4) is 0 Å². The maximum atomic E-state index is 13.4.